The van der Waals surface area contributed by atoms with Gasteiger partial charge in [-0.15, -0.1) is 0 Å². The molecule has 1 heterocycles. The molecule has 0 fully saturated rings. The predicted octanol–water partition coefficient (Wildman–Crippen LogP) is 3.96. The maximum Gasteiger partial charge on any atom is 0.229 e. The van der Waals surface area contributed by atoms with Crippen LogP contribution in [0.2, 0.25) is 5.02 Å². The van der Waals surface area contributed by atoms with E-state index in [4.69, 9.17) is 34.3 Å². The smallest absolute Gasteiger partial charge is 0.229 e. The predicted molar refractivity (Wildman–Crippen MR) is 88.4 cm³/mol. The van der Waals surface area contributed by atoms with Crippen LogP contribution in [0.25, 0.3) is 0 Å². The highest BCUT2D eigenvalue weighted by atomic mass is 35.5. The molecule has 108 valence electrons. The van der Waals surface area contributed by atoms with Gasteiger partial charge in [-0.3, -0.25) is 0 Å². The number of pyridine rings is 1. The second kappa shape index (κ2) is 5.62. The summed E-state index contributed by atoms with van der Waals surface area (Å²) in [4.78, 5) is 4.88. The number of hydrogen-bond donors (Lipinski definition) is 1. The molecule has 2 aromatic rings. The number of hydrogen-bond acceptors (Lipinski definition) is 3. The second-order valence-corrected chi connectivity index (χ2v) is 6.05. The molecule has 5 heteroatoms. The highest BCUT2D eigenvalue weighted by Crippen LogP contribution is 2.33. The normalized spacial score (nSPS) is 13.0. The van der Waals surface area contributed by atoms with E-state index >= 15 is 0 Å². The summed E-state index contributed by atoms with van der Waals surface area (Å²) in [7, 11) is 0. The zero-order valence-corrected chi connectivity index (χ0v) is 13.2. The van der Waals surface area contributed by atoms with Crippen LogP contribution in [0.3, 0.4) is 0 Å². The van der Waals surface area contributed by atoms with Crippen LogP contribution >= 0.6 is 23.8 Å². The molecule has 0 saturated carbocycles. The summed E-state index contributed by atoms with van der Waals surface area (Å²) in [6, 6.07) is 7.61. The summed E-state index contributed by atoms with van der Waals surface area (Å²) in [5.74, 6) is 1.01. The Morgan fingerprint density at radius 2 is 2.14 bits per heavy atom. The van der Waals surface area contributed by atoms with Gasteiger partial charge in [-0.25, -0.2) is 4.98 Å². The van der Waals surface area contributed by atoms with Crippen LogP contribution in [0.1, 0.15) is 28.8 Å². The van der Waals surface area contributed by atoms with Crippen LogP contribution in [0.15, 0.2) is 24.3 Å². The number of fused-ring (bicyclic) bond motifs is 1. The zero-order valence-electron chi connectivity index (χ0n) is 11.6. The van der Waals surface area contributed by atoms with Crippen molar-refractivity contribution in [3.63, 3.8) is 0 Å². The number of ether oxygens (including phenoxy) is 1. The van der Waals surface area contributed by atoms with Crippen molar-refractivity contribution in [2.45, 2.75) is 26.2 Å². The Hall–Kier alpha value is -1.65. The number of nitrogens with two attached hydrogens (primary N) is 1. The van der Waals surface area contributed by atoms with Crippen molar-refractivity contribution in [3.05, 3.63) is 51.7 Å². The molecule has 0 aliphatic heterocycles. The van der Waals surface area contributed by atoms with E-state index in [1.165, 1.54) is 5.56 Å². The van der Waals surface area contributed by atoms with Gasteiger partial charge in [0, 0.05) is 5.69 Å². The van der Waals surface area contributed by atoms with Crippen molar-refractivity contribution in [3.8, 4) is 11.6 Å². The maximum absolute atomic E-state index is 6.18. The lowest BCUT2D eigenvalue weighted by atomic mass is 10.1. The number of nitrogens with zero attached hydrogens (tertiary/aromatic N) is 1. The van der Waals surface area contributed by atoms with Crippen molar-refractivity contribution in [1.29, 1.82) is 0 Å². The highest BCUT2D eigenvalue weighted by molar-refractivity contribution is 7.80. The molecule has 0 spiro atoms. The average Bonchev–Trinajstić information content (AvgIpc) is 2.89. The molecule has 1 aromatic carbocycles. The molecule has 0 saturated heterocycles. The molecule has 1 aliphatic carbocycles. The molecule has 3 rings (SSSR count). The van der Waals surface area contributed by atoms with E-state index in [-0.39, 0.29) is 4.99 Å². The summed E-state index contributed by atoms with van der Waals surface area (Å²) in [5.41, 5.74) is 9.81. The second-order valence-electron chi connectivity index (χ2n) is 5.20. The summed E-state index contributed by atoms with van der Waals surface area (Å²) >= 11 is 11.3. The van der Waals surface area contributed by atoms with Gasteiger partial charge in [0.2, 0.25) is 5.88 Å². The van der Waals surface area contributed by atoms with Crippen LogP contribution in [-0.4, -0.2) is 9.97 Å². The van der Waals surface area contributed by atoms with Crippen LogP contribution < -0.4 is 10.5 Å². The lowest BCUT2D eigenvalue weighted by Gasteiger charge is -2.13. The lowest BCUT2D eigenvalue weighted by molar-refractivity contribution is 0.460. The third-order valence-electron chi connectivity index (χ3n) is 3.57. The average molecular weight is 319 g/mol. The summed E-state index contributed by atoms with van der Waals surface area (Å²) in [6.45, 7) is 1.98. The summed E-state index contributed by atoms with van der Waals surface area (Å²) in [6.07, 6.45) is 3.09. The first-order valence-corrected chi connectivity index (χ1v) is 7.60. The topological polar surface area (TPSA) is 48.1 Å². The van der Waals surface area contributed by atoms with E-state index in [0.29, 0.717) is 22.2 Å². The maximum atomic E-state index is 6.18. The largest absolute Gasteiger partial charge is 0.437 e. The Balaban J connectivity index is 2.05. The van der Waals surface area contributed by atoms with Gasteiger partial charge in [0.05, 0.1) is 10.6 Å². The molecular formula is C16H15ClN2OS. The fraction of sp³-hybridized carbons (Fsp3) is 0.250. The summed E-state index contributed by atoms with van der Waals surface area (Å²) < 4.78 is 5.90. The Bertz CT molecular complexity index is 730. The number of rotatable bonds is 3. The fourth-order valence-corrected chi connectivity index (χ4v) is 2.80. The van der Waals surface area contributed by atoms with Gasteiger partial charge in [0.1, 0.15) is 10.7 Å². The Kier molecular flexibility index (Phi) is 3.83. The van der Waals surface area contributed by atoms with Gasteiger partial charge in [-0.05, 0) is 55.5 Å². The Morgan fingerprint density at radius 1 is 1.33 bits per heavy atom. The molecule has 0 atom stereocenters. The molecule has 0 bridgehead atoms. The number of aromatic nitrogens is 1. The Morgan fingerprint density at radius 3 is 2.90 bits per heavy atom. The minimum absolute atomic E-state index is 0.288. The minimum Gasteiger partial charge on any atom is -0.437 e. The van der Waals surface area contributed by atoms with Crippen molar-refractivity contribution >= 4 is 28.8 Å². The molecule has 0 radical (unpaired) electrons. The van der Waals surface area contributed by atoms with Gasteiger partial charge in [0.15, 0.2) is 0 Å². The lowest BCUT2D eigenvalue weighted by Crippen LogP contribution is -2.13. The van der Waals surface area contributed by atoms with Gasteiger partial charge in [-0.2, -0.15) is 0 Å². The van der Waals surface area contributed by atoms with E-state index in [1.807, 2.05) is 25.1 Å². The van der Waals surface area contributed by atoms with Crippen molar-refractivity contribution < 1.29 is 4.74 Å². The van der Waals surface area contributed by atoms with E-state index in [0.717, 1.165) is 30.5 Å². The highest BCUT2D eigenvalue weighted by Gasteiger charge is 2.19. The van der Waals surface area contributed by atoms with E-state index in [1.54, 1.807) is 6.07 Å². The zero-order chi connectivity index (χ0) is 15.0. The van der Waals surface area contributed by atoms with Crippen LogP contribution in [0, 0.1) is 6.92 Å². The fourth-order valence-electron chi connectivity index (χ4n) is 2.50. The van der Waals surface area contributed by atoms with Gasteiger partial charge < -0.3 is 10.5 Å². The third kappa shape index (κ3) is 2.87. The van der Waals surface area contributed by atoms with E-state index in [9.17, 15) is 0 Å². The number of halogens is 1. The van der Waals surface area contributed by atoms with Crippen LogP contribution in [0.5, 0.6) is 11.6 Å². The molecule has 1 aliphatic rings. The van der Waals surface area contributed by atoms with E-state index < -0.39 is 0 Å². The molecule has 0 amide bonds. The summed E-state index contributed by atoms with van der Waals surface area (Å²) in [5, 5.41) is 0.539. The van der Waals surface area contributed by atoms with Gasteiger partial charge in [0.25, 0.3) is 0 Å². The Labute approximate surface area is 134 Å². The first-order valence-electron chi connectivity index (χ1n) is 6.81. The van der Waals surface area contributed by atoms with Crippen molar-refractivity contribution in [1.82, 2.24) is 4.98 Å². The molecule has 21 heavy (non-hydrogen) atoms. The molecular weight excluding hydrogens is 304 g/mol. The van der Waals surface area contributed by atoms with Gasteiger partial charge in [-0.1, -0.05) is 29.9 Å². The van der Waals surface area contributed by atoms with Crippen LogP contribution in [-0.2, 0) is 12.8 Å². The monoisotopic (exact) mass is 318 g/mol. The van der Waals surface area contributed by atoms with Crippen molar-refractivity contribution in [2.24, 2.45) is 5.73 Å². The first-order chi connectivity index (χ1) is 10.0. The third-order valence-corrected chi connectivity index (χ3v) is 4.11. The number of benzene rings is 1. The number of aryl methyl sites for hydroxylation is 3. The standard InChI is InChI=1S/C16H15ClN2OS/c1-9-5-6-12(17)14(7-9)20-16-11(15(18)21)8-10-3-2-4-13(10)19-16/h5-8H,2-4H2,1H3,(H2,18,21). The van der Waals surface area contributed by atoms with Gasteiger partial charge >= 0.3 is 0 Å². The molecule has 1 aromatic heterocycles. The first kappa shape index (κ1) is 14.3. The SMILES string of the molecule is Cc1ccc(Cl)c(Oc2nc3c(cc2C(N)=S)CCC3)c1. The van der Waals surface area contributed by atoms with Crippen LogP contribution in [0.4, 0.5) is 0 Å². The van der Waals surface area contributed by atoms with E-state index in [2.05, 4.69) is 4.98 Å². The number of thiocarbonyl (C=S) groups is 1. The molecule has 3 nitrogen and oxygen atoms in total. The minimum atomic E-state index is 0.288. The molecule has 2 N–H and O–H groups in total. The molecule has 0 unspecified atom stereocenters. The quantitative estimate of drug-likeness (QED) is 0.870. The van der Waals surface area contributed by atoms with Crippen molar-refractivity contribution in [2.75, 3.05) is 0 Å².